The second kappa shape index (κ2) is 78.0. The molecule has 0 saturated carbocycles. The molecule has 0 fully saturated rings. The largest absolute Gasteiger partial charge is 0.478 e. The van der Waals surface area contributed by atoms with Crippen LogP contribution >= 0.6 is 0 Å². The predicted molar refractivity (Wildman–Crippen MR) is 528 cm³/mol. The number of amides is 8. The second-order valence-corrected chi connectivity index (χ2v) is 34.0. The first-order chi connectivity index (χ1) is 66.5. The maximum absolute atomic E-state index is 12.6. The van der Waals surface area contributed by atoms with E-state index in [-0.39, 0.29) is 56.2 Å². The smallest absolute Gasteiger partial charge is 0.407 e. The number of aromatic carboxylic acids is 2. The Bertz CT molecular complexity index is 4100. The number of carboxylic acid groups (broad SMARTS) is 2. The number of rotatable bonds is 64. The fraction of sp³-hybridized carbons (Fsp3) is 0.619. The van der Waals surface area contributed by atoms with E-state index in [2.05, 4.69) is 57.9 Å². The number of carboxylic acids is 2. The van der Waals surface area contributed by atoms with Gasteiger partial charge in [-0.15, -0.1) is 0 Å². The van der Waals surface area contributed by atoms with Crippen LogP contribution in [-0.4, -0.2) is 345 Å². The molecule has 4 aromatic rings. The SMILES string of the molecule is CN(C)c1ccc(C(=O)O)cc1.CNc1ccc(C(=O)NC(CCC(=O)NCCCOCCOCCOCCCNC(=O)OC(C)(C)C)C(=O)OC)cc1.CNc1ccc(C(=O)O)cc1.COC(=O)C(CCC(=O)NCCCOCCOCCOCCCNC(=O)OC(C)(C)C)NC(=O)c1ccc(N(C)C)cc1.COC(=O)C(N)CCC(=O)NCCCOCCOCCOCCCNC(=O)OC(C)(C)C. The van der Waals surface area contributed by atoms with Gasteiger partial charge < -0.3 is 150 Å². The molecule has 0 saturated heterocycles. The van der Waals surface area contributed by atoms with Crippen molar-refractivity contribution in [2.75, 3.05) is 242 Å². The third-order valence-electron chi connectivity index (χ3n) is 18.2. The molecule has 8 amide bonds. The second-order valence-electron chi connectivity index (χ2n) is 34.0. The summed E-state index contributed by atoms with van der Waals surface area (Å²) >= 11 is 0. The predicted octanol–water partition coefficient (Wildman–Crippen LogP) is 8.14. The molecule has 4 aromatic carbocycles. The Hall–Kier alpha value is -11.8. The van der Waals surface area contributed by atoms with Gasteiger partial charge in [-0.1, -0.05) is 0 Å². The Morgan fingerprint density at radius 1 is 0.314 bits per heavy atom. The highest BCUT2D eigenvalue weighted by Gasteiger charge is 2.27. The van der Waals surface area contributed by atoms with E-state index in [1.807, 2.05) is 112 Å². The number of nitrogens with zero attached hydrogens (tertiary/aromatic N) is 2. The Morgan fingerprint density at radius 2 is 0.536 bits per heavy atom. The van der Waals surface area contributed by atoms with Crippen molar-refractivity contribution < 1.29 is 144 Å². The minimum atomic E-state index is -0.938. The molecule has 43 heteroatoms. The van der Waals surface area contributed by atoms with Crippen LogP contribution in [-0.2, 0) is 99.8 Å². The van der Waals surface area contributed by atoms with E-state index in [0.29, 0.717) is 219 Å². The molecule has 43 nitrogen and oxygen atoms in total. The molecule has 0 heterocycles. The summed E-state index contributed by atoms with van der Waals surface area (Å²) < 4.78 is 78.6. The van der Waals surface area contributed by atoms with Gasteiger partial charge in [0.2, 0.25) is 17.7 Å². The first-order valence-corrected chi connectivity index (χ1v) is 46.6. The summed E-state index contributed by atoms with van der Waals surface area (Å²) in [4.78, 5) is 156. The number of ether oxygens (including phenoxy) is 15. The molecule has 0 spiro atoms. The Kier molecular flexibility index (Phi) is 71.4. The van der Waals surface area contributed by atoms with Gasteiger partial charge >= 0.3 is 48.1 Å². The molecule has 4 rings (SSSR count). The fourth-order valence-electron chi connectivity index (χ4n) is 10.9. The molecule has 0 aliphatic rings. The Labute approximate surface area is 824 Å². The standard InChI is InChI=1S/C30H50N4O9.C29H48N4O9.C21H41N3O8.C9H11NO2.C8H9NO2/c1-30(2,3)43-29(38)32-16-8-18-41-20-22-42-21-19-40-17-7-15-31-26(35)14-13-25(28(37)39-6)33-27(36)23-9-11-24(12-10-23)34(4)5;1-29(2,3)42-28(37)32-15-7-17-40-19-21-41-20-18-39-16-6-14-31-25(34)13-12-24(27(36)38-5)33-26(35)22-8-10-23(30-4)11-9-22;1-21(2,3)32-20(27)24-10-6-12-30-14-16-31-15-13-29-11-5-9-23-18(25)8-7-17(22)19(26)28-4;1-10(2)8-5-3-7(4-6-8)9(11)12;1-9-7-4-2-6(3-5-7)8(10)11/h9-12,25H,7-8,13-22H2,1-6H3,(H,31,35)(H,32,38)(H,33,36);8-11,24,30H,6-7,12-21H2,1-5H3,(H,31,34)(H,32,37)(H,33,35);17H,5-16,22H2,1-4H3,(H,23,25)(H,24,27);3-6H,1-2H3,(H,11,12);2-5,9H,1H3,(H,10,11). The van der Waals surface area contributed by atoms with Crippen LogP contribution in [0.15, 0.2) is 97.1 Å². The third-order valence-corrected chi connectivity index (χ3v) is 18.2. The minimum absolute atomic E-state index is 0.0513. The van der Waals surface area contributed by atoms with E-state index < -0.39 is 94.9 Å². The highest BCUT2D eigenvalue weighted by Crippen LogP contribution is 2.17. The van der Waals surface area contributed by atoms with Gasteiger partial charge in [0.25, 0.3) is 11.8 Å². The lowest BCUT2D eigenvalue weighted by atomic mass is 10.1. The summed E-state index contributed by atoms with van der Waals surface area (Å²) in [6.07, 6.45) is 3.40. The number of benzene rings is 4. The zero-order chi connectivity index (χ0) is 105. The van der Waals surface area contributed by atoms with Gasteiger partial charge in [-0.05, 0) is 217 Å². The lowest BCUT2D eigenvalue weighted by Crippen LogP contribution is -2.42. The van der Waals surface area contributed by atoms with Crippen LogP contribution in [0.5, 0.6) is 0 Å². The van der Waals surface area contributed by atoms with Gasteiger partial charge in [-0.2, -0.15) is 0 Å². The normalized spacial score (nSPS) is 11.4. The third kappa shape index (κ3) is 71.6. The van der Waals surface area contributed by atoms with Crippen molar-refractivity contribution in [3.8, 4) is 0 Å². The van der Waals surface area contributed by atoms with Gasteiger partial charge in [0, 0.05) is 174 Å². The molecular formula is C97H159N13O30. The van der Waals surface area contributed by atoms with Crippen LogP contribution < -0.4 is 68.7 Å². The Balaban J connectivity index is 0.00000186. The average molecular weight is 1990 g/mol. The number of esters is 3. The van der Waals surface area contributed by atoms with Gasteiger partial charge in [0.15, 0.2) is 0 Å². The highest BCUT2D eigenvalue weighted by molar-refractivity contribution is 5.98. The summed E-state index contributed by atoms with van der Waals surface area (Å²) in [6, 6.07) is 24.4. The molecule has 792 valence electrons. The zero-order valence-electron chi connectivity index (χ0n) is 85.2. The van der Waals surface area contributed by atoms with Crippen LogP contribution in [0.25, 0.3) is 0 Å². The number of nitrogens with two attached hydrogens (primary N) is 1. The van der Waals surface area contributed by atoms with Crippen LogP contribution in [0.3, 0.4) is 0 Å². The first kappa shape index (κ1) is 128. The number of carbonyl (C=O) groups excluding carboxylic acids is 11. The van der Waals surface area contributed by atoms with E-state index >= 15 is 0 Å². The highest BCUT2D eigenvalue weighted by atomic mass is 16.6. The van der Waals surface area contributed by atoms with E-state index in [4.69, 9.17) is 82.3 Å². The molecule has 3 unspecified atom stereocenters. The monoisotopic (exact) mass is 1990 g/mol. The minimum Gasteiger partial charge on any atom is -0.478 e. The van der Waals surface area contributed by atoms with Crippen molar-refractivity contribution >= 4 is 100 Å². The first-order valence-electron chi connectivity index (χ1n) is 46.6. The summed E-state index contributed by atoms with van der Waals surface area (Å²) in [6.45, 7) is 27.4. The molecule has 0 aliphatic heterocycles. The number of alkyl carbamates (subject to hydrolysis) is 3. The van der Waals surface area contributed by atoms with E-state index in [1.165, 1.54) is 21.3 Å². The maximum Gasteiger partial charge on any atom is 0.407 e. The molecule has 0 aromatic heterocycles. The van der Waals surface area contributed by atoms with Gasteiger partial charge in [-0.3, -0.25) is 28.8 Å². The van der Waals surface area contributed by atoms with Gasteiger partial charge in [0.05, 0.1) is 112 Å². The van der Waals surface area contributed by atoms with Crippen LogP contribution in [0.2, 0.25) is 0 Å². The van der Waals surface area contributed by atoms with Crippen molar-refractivity contribution in [2.45, 2.75) is 174 Å². The van der Waals surface area contributed by atoms with Crippen LogP contribution in [0.1, 0.15) is 181 Å². The molecule has 3 atom stereocenters. The van der Waals surface area contributed by atoms with Gasteiger partial charge in [0.1, 0.15) is 34.9 Å². The summed E-state index contributed by atoms with van der Waals surface area (Å²) in [5, 5.41) is 44.6. The van der Waals surface area contributed by atoms with Crippen molar-refractivity contribution in [3.05, 3.63) is 119 Å². The van der Waals surface area contributed by atoms with Crippen LogP contribution in [0, 0.1) is 0 Å². The zero-order valence-corrected chi connectivity index (χ0v) is 85.2. The van der Waals surface area contributed by atoms with Gasteiger partial charge in [-0.25, -0.2) is 33.6 Å². The summed E-state index contributed by atoms with van der Waals surface area (Å²) in [5.41, 5.74) is 9.18. The fourth-order valence-corrected chi connectivity index (χ4v) is 10.9. The quantitative estimate of drug-likeness (QED) is 0.0113. The molecule has 0 bridgehead atoms. The number of hydrogen-bond acceptors (Lipinski definition) is 33. The summed E-state index contributed by atoms with van der Waals surface area (Å²) in [7, 11) is 14.9. The molecule has 14 N–H and O–H groups in total. The molecule has 140 heavy (non-hydrogen) atoms. The van der Waals surface area contributed by atoms with Crippen molar-refractivity contribution in [2.24, 2.45) is 5.73 Å². The van der Waals surface area contributed by atoms with Crippen molar-refractivity contribution in [3.63, 3.8) is 0 Å². The van der Waals surface area contributed by atoms with Crippen molar-refractivity contribution in [1.29, 1.82) is 0 Å². The number of anilines is 4. The average Bonchev–Trinajstić information content (AvgIpc) is 0.857. The number of hydrogen-bond donors (Lipinski definition) is 13. The molecular weight excluding hydrogens is 1830 g/mol. The lowest BCUT2D eigenvalue weighted by molar-refractivity contribution is -0.144. The molecule has 0 radical (unpaired) electrons. The Morgan fingerprint density at radius 3 is 0.764 bits per heavy atom. The van der Waals surface area contributed by atoms with E-state index in [1.54, 1.807) is 99.0 Å². The number of nitrogens with one attached hydrogen (secondary N) is 10. The lowest BCUT2D eigenvalue weighted by Gasteiger charge is -2.19. The number of methoxy groups -OCH3 is 3. The topological polar surface area (TPSA) is 554 Å². The van der Waals surface area contributed by atoms with Crippen LogP contribution in [0.4, 0.5) is 37.1 Å². The maximum atomic E-state index is 12.6. The van der Waals surface area contributed by atoms with E-state index in [0.717, 1.165) is 22.7 Å². The van der Waals surface area contributed by atoms with E-state index in [9.17, 15) is 62.3 Å². The number of carbonyl (C=O) groups is 13. The van der Waals surface area contributed by atoms with Crippen molar-refractivity contribution in [1.82, 2.24) is 42.5 Å². The molecule has 0 aliphatic carbocycles. The summed E-state index contributed by atoms with van der Waals surface area (Å²) in [5.74, 6) is -5.00.